The summed E-state index contributed by atoms with van der Waals surface area (Å²) in [4.78, 5) is 0. The molecular formula is C7H13NO2. The molecule has 0 aromatic rings. The number of ether oxygens (including phenoxy) is 1. The van der Waals surface area contributed by atoms with Crippen LogP contribution in [0, 0.1) is 5.92 Å². The quantitative estimate of drug-likeness (QED) is 0.524. The molecule has 0 fully saturated rings. The van der Waals surface area contributed by atoms with E-state index in [9.17, 15) is 0 Å². The third-order valence-corrected chi connectivity index (χ3v) is 1.71. The maximum atomic E-state index is 8.79. The van der Waals surface area contributed by atoms with E-state index in [1.54, 1.807) is 0 Å². The Kier molecular flexibility index (Phi) is 2.86. The van der Waals surface area contributed by atoms with Crippen molar-refractivity contribution in [3.63, 3.8) is 0 Å². The van der Waals surface area contributed by atoms with Gasteiger partial charge in [0.1, 0.15) is 0 Å². The van der Waals surface area contributed by atoms with Crippen molar-refractivity contribution in [2.75, 3.05) is 19.8 Å². The van der Waals surface area contributed by atoms with Crippen LogP contribution < -0.4 is 5.73 Å². The van der Waals surface area contributed by atoms with E-state index < -0.39 is 0 Å². The molecule has 1 unspecified atom stereocenters. The van der Waals surface area contributed by atoms with E-state index >= 15 is 0 Å². The largest absolute Gasteiger partial charge is 0.396 e. The fraction of sp³-hybridized carbons (Fsp3) is 0.714. The monoisotopic (exact) mass is 143 g/mol. The van der Waals surface area contributed by atoms with Gasteiger partial charge in [0.25, 0.3) is 0 Å². The lowest BCUT2D eigenvalue weighted by molar-refractivity contribution is 0.0562. The Morgan fingerprint density at radius 2 is 2.60 bits per heavy atom. The highest BCUT2D eigenvalue weighted by atomic mass is 16.5. The van der Waals surface area contributed by atoms with E-state index in [0.717, 1.165) is 0 Å². The van der Waals surface area contributed by atoms with Gasteiger partial charge in [0, 0.05) is 19.1 Å². The molecule has 0 spiro atoms. The number of aliphatic hydroxyl groups excluding tert-OH is 1. The summed E-state index contributed by atoms with van der Waals surface area (Å²) in [6.07, 6.45) is 3.94. The minimum atomic E-state index is 0.0370. The van der Waals surface area contributed by atoms with Gasteiger partial charge in [-0.05, 0) is 0 Å². The van der Waals surface area contributed by atoms with Crippen LogP contribution in [0.5, 0.6) is 0 Å². The Balaban J connectivity index is 2.37. The van der Waals surface area contributed by atoms with Gasteiger partial charge in [-0.3, -0.25) is 0 Å². The summed E-state index contributed by atoms with van der Waals surface area (Å²) in [6.45, 7) is 1.23. The second kappa shape index (κ2) is 3.71. The first-order chi connectivity index (χ1) is 4.88. The van der Waals surface area contributed by atoms with Gasteiger partial charge in [-0.15, -0.1) is 0 Å². The molecule has 3 nitrogen and oxygen atoms in total. The molecule has 1 aliphatic rings. The fourth-order valence-electron chi connectivity index (χ4n) is 1.02. The molecule has 0 saturated heterocycles. The first kappa shape index (κ1) is 7.72. The zero-order valence-corrected chi connectivity index (χ0v) is 5.86. The lowest BCUT2D eigenvalue weighted by Gasteiger charge is -2.17. The molecule has 3 heteroatoms. The zero-order valence-electron chi connectivity index (χ0n) is 5.86. The van der Waals surface area contributed by atoms with Crippen molar-refractivity contribution >= 4 is 0 Å². The minimum absolute atomic E-state index is 0.0370. The van der Waals surface area contributed by atoms with Gasteiger partial charge in [-0.2, -0.15) is 0 Å². The summed E-state index contributed by atoms with van der Waals surface area (Å²) in [5.41, 5.74) is 5.39. The lowest BCUT2D eigenvalue weighted by Crippen LogP contribution is -2.29. The lowest BCUT2D eigenvalue weighted by atomic mass is 10.0. The van der Waals surface area contributed by atoms with E-state index in [1.165, 1.54) is 0 Å². The van der Waals surface area contributed by atoms with Crippen molar-refractivity contribution < 1.29 is 9.84 Å². The van der Waals surface area contributed by atoms with Crippen LogP contribution >= 0.6 is 0 Å². The first-order valence-electron chi connectivity index (χ1n) is 3.47. The topological polar surface area (TPSA) is 55.5 Å². The number of aliphatic hydroxyl groups is 1. The van der Waals surface area contributed by atoms with Crippen LogP contribution in [0.3, 0.4) is 0 Å². The maximum Gasteiger partial charge on any atom is 0.0823 e. The fourth-order valence-corrected chi connectivity index (χ4v) is 1.02. The summed E-state index contributed by atoms with van der Waals surface area (Å²) in [5, 5.41) is 8.79. The average molecular weight is 143 g/mol. The smallest absolute Gasteiger partial charge is 0.0823 e. The van der Waals surface area contributed by atoms with Crippen molar-refractivity contribution in [3.8, 4) is 0 Å². The number of nitrogens with two attached hydrogens (primary N) is 1. The van der Waals surface area contributed by atoms with Crippen molar-refractivity contribution in [1.29, 1.82) is 0 Å². The van der Waals surface area contributed by atoms with Crippen LogP contribution in [0.1, 0.15) is 0 Å². The Hall–Kier alpha value is -0.380. The van der Waals surface area contributed by atoms with Gasteiger partial charge in [-0.25, -0.2) is 0 Å². The number of hydrogen-bond acceptors (Lipinski definition) is 3. The van der Waals surface area contributed by atoms with Gasteiger partial charge < -0.3 is 15.6 Å². The van der Waals surface area contributed by atoms with Gasteiger partial charge >= 0.3 is 0 Å². The Bertz CT molecular complexity index is 121. The summed E-state index contributed by atoms with van der Waals surface area (Å²) in [6, 6.07) is 0. The summed E-state index contributed by atoms with van der Waals surface area (Å²) >= 11 is 0. The Morgan fingerprint density at radius 3 is 3.00 bits per heavy atom. The molecule has 58 valence electrons. The van der Waals surface area contributed by atoms with Crippen molar-refractivity contribution in [1.82, 2.24) is 0 Å². The average Bonchev–Trinajstić information content (AvgIpc) is 2.43. The van der Waals surface area contributed by atoms with Gasteiger partial charge in [-0.1, -0.05) is 12.2 Å². The highest BCUT2D eigenvalue weighted by Crippen LogP contribution is 2.12. The molecule has 0 aliphatic carbocycles. The molecule has 10 heavy (non-hydrogen) atoms. The second-order valence-electron chi connectivity index (χ2n) is 2.40. The summed E-state index contributed by atoms with van der Waals surface area (Å²) < 4.78 is 5.25. The van der Waals surface area contributed by atoms with Crippen LogP contribution in [0.4, 0.5) is 0 Å². The van der Waals surface area contributed by atoms with Crippen LogP contribution in [0.2, 0.25) is 0 Å². The molecule has 0 aromatic heterocycles. The van der Waals surface area contributed by atoms with E-state index in [0.29, 0.717) is 13.2 Å². The van der Waals surface area contributed by atoms with E-state index in [1.807, 2.05) is 12.2 Å². The van der Waals surface area contributed by atoms with E-state index in [-0.39, 0.29) is 18.6 Å². The van der Waals surface area contributed by atoms with E-state index in [2.05, 4.69) is 0 Å². The van der Waals surface area contributed by atoms with Crippen LogP contribution in [0.15, 0.2) is 12.2 Å². The number of hydrogen-bond donors (Lipinski definition) is 2. The maximum absolute atomic E-state index is 8.79. The highest BCUT2D eigenvalue weighted by Gasteiger charge is 2.19. The second-order valence-corrected chi connectivity index (χ2v) is 2.40. The molecule has 1 aliphatic heterocycles. The molecule has 1 rings (SSSR count). The van der Waals surface area contributed by atoms with Gasteiger partial charge in [0.2, 0.25) is 0 Å². The van der Waals surface area contributed by atoms with Crippen LogP contribution in [0.25, 0.3) is 0 Å². The van der Waals surface area contributed by atoms with Crippen molar-refractivity contribution in [2.45, 2.75) is 6.10 Å². The molecule has 0 amide bonds. The minimum Gasteiger partial charge on any atom is -0.396 e. The molecule has 3 N–H and O–H groups in total. The Labute approximate surface area is 60.5 Å². The molecule has 2 atom stereocenters. The summed E-state index contributed by atoms with van der Waals surface area (Å²) in [5.74, 6) is 0.0683. The standard InChI is InChI=1S/C7H13NO2/c8-4-6(5-9)7-2-1-3-10-7/h1-2,6-7,9H,3-5,8H2/t6?,7-/m0/s1. The normalized spacial score (nSPS) is 27.2. The van der Waals surface area contributed by atoms with Crippen molar-refractivity contribution in [2.24, 2.45) is 11.7 Å². The number of rotatable bonds is 3. The molecule has 0 saturated carbocycles. The summed E-state index contributed by atoms with van der Waals surface area (Å²) in [7, 11) is 0. The Morgan fingerprint density at radius 1 is 1.80 bits per heavy atom. The van der Waals surface area contributed by atoms with Gasteiger partial charge in [0.15, 0.2) is 0 Å². The molecular weight excluding hydrogens is 130 g/mol. The van der Waals surface area contributed by atoms with E-state index in [4.69, 9.17) is 15.6 Å². The van der Waals surface area contributed by atoms with Crippen LogP contribution in [-0.4, -0.2) is 31.0 Å². The SMILES string of the molecule is NCC(CO)[C@@H]1C=CCO1. The zero-order chi connectivity index (χ0) is 7.40. The van der Waals surface area contributed by atoms with Crippen LogP contribution in [-0.2, 0) is 4.74 Å². The molecule has 0 aromatic carbocycles. The van der Waals surface area contributed by atoms with Crippen molar-refractivity contribution in [3.05, 3.63) is 12.2 Å². The molecule has 0 bridgehead atoms. The predicted octanol–water partition coefficient (Wildman–Crippen LogP) is -0.491. The predicted molar refractivity (Wildman–Crippen MR) is 38.5 cm³/mol. The third kappa shape index (κ3) is 1.56. The molecule has 1 heterocycles. The third-order valence-electron chi connectivity index (χ3n) is 1.71. The highest BCUT2D eigenvalue weighted by molar-refractivity contribution is 4.98. The molecule has 0 radical (unpaired) electrons. The van der Waals surface area contributed by atoms with Gasteiger partial charge in [0.05, 0.1) is 12.7 Å². The first-order valence-corrected chi connectivity index (χ1v) is 3.47.